The number of allylic oxidation sites excluding steroid dienone is 1. The summed E-state index contributed by atoms with van der Waals surface area (Å²) in [4.78, 5) is 17.1. The molecule has 1 saturated heterocycles. The van der Waals surface area contributed by atoms with Crippen LogP contribution in [0.1, 0.15) is 50.8 Å². The van der Waals surface area contributed by atoms with Crippen LogP contribution in [0.15, 0.2) is 17.7 Å². The van der Waals surface area contributed by atoms with E-state index in [-0.39, 0.29) is 11.3 Å². The van der Waals surface area contributed by atoms with Gasteiger partial charge in [0.25, 0.3) is 5.91 Å². The molecular weight excluding hydrogens is 288 g/mol. The third-order valence-electron chi connectivity index (χ3n) is 4.28. The number of carbonyl (C=O) groups excluding carboxylic acids is 1. The summed E-state index contributed by atoms with van der Waals surface area (Å²) in [6.07, 6.45) is 2.24. The summed E-state index contributed by atoms with van der Waals surface area (Å²) in [5.41, 5.74) is 2.95. The van der Waals surface area contributed by atoms with E-state index >= 15 is 0 Å². The lowest BCUT2D eigenvalue weighted by Gasteiger charge is -2.34. The third kappa shape index (κ3) is 4.44. The van der Waals surface area contributed by atoms with Crippen molar-refractivity contribution in [1.82, 2.24) is 19.6 Å². The molecule has 0 unspecified atom stereocenters. The number of aryl methyl sites for hydroxylation is 1. The van der Waals surface area contributed by atoms with Gasteiger partial charge >= 0.3 is 0 Å². The lowest BCUT2D eigenvalue weighted by molar-refractivity contribution is 0.0639. The quantitative estimate of drug-likeness (QED) is 0.804. The summed E-state index contributed by atoms with van der Waals surface area (Å²) in [5, 5.41) is 4.51. The Morgan fingerprint density at radius 2 is 1.83 bits per heavy atom. The van der Waals surface area contributed by atoms with Gasteiger partial charge in [0.15, 0.2) is 0 Å². The Kier molecular flexibility index (Phi) is 5.30. The van der Waals surface area contributed by atoms with Gasteiger partial charge in [-0.25, -0.2) is 0 Å². The van der Waals surface area contributed by atoms with Gasteiger partial charge in [0.05, 0.1) is 5.69 Å². The molecular formula is C18H30N4O. The summed E-state index contributed by atoms with van der Waals surface area (Å²) in [6, 6.07) is 1.94. The maximum Gasteiger partial charge on any atom is 0.272 e. The van der Waals surface area contributed by atoms with Crippen LogP contribution >= 0.6 is 0 Å². The molecule has 23 heavy (non-hydrogen) atoms. The Hall–Kier alpha value is -1.62. The van der Waals surface area contributed by atoms with Crippen molar-refractivity contribution in [2.45, 2.75) is 40.0 Å². The van der Waals surface area contributed by atoms with E-state index in [1.54, 1.807) is 4.68 Å². The first kappa shape index (κ1) is 17.7. The Morgan fingerprint density at radius 3 is 2.30 bits per heavy atom. The van der Waals surface area contributed by atoms with Crippen LogP contribution in [0.2, 0.25) is 0 Å². The minimum Gasteiger partial charge on any atom is -0.335 e. The predicted octanol–water partition coefficient (Wildman–Crippen LogP) is 2.44. The molecule has 1 fully saturated rings. The molecule has 0 saturated carbocycles. The first-order valence-corrected chi connectivity index (χ1v) is 8.38. The summed E-state index contributed by atoms with van der Waals surface area (Å²) in [5.74, 6) is 0.0948. The van der Waals surface area contributed by atoms with Crippen molar-refractivity contribution >= 4 is 5.91 Å². The first-order valence-electron chi connectivity index (χ1n) is 8.38. The molecule has 0 spiro atoms. The second-order valence-electron chi connectivity index (χ2n) is 7.66. The van der Waals surface area contributed by atoms with Gasteiger partial charge in [0, 0.05) is 45.2 Å². The van der Waals surface area contributed by atoms with Gasteiger partial charge in [0.2, 0.25) is 0 Å². The van der Waals surface area contributed by atoms with E-state index in [2.05, 4.69) is 50.7 Å². The second kappa shape index (κ2) is 6.87. The molecule has 0 bridgehead atoms. The Balaban J connectivity index is 2.00. The SMILES string of the molecule is CC(C)=CCN1CCN(C(=O)c2cc(C(C)(C)C)nn2C)CC1. The van der Waals surface area contributed by atoms with Gasteiger partial charge in [0.1, 0.15) is 5.69 Å². The van der Waals surface area contributed by atoms with Gasteiger partial charge < -0.3 is 4.90 Å². The van der Waals surface area contributed by atoms with Crippen LogP contribution in [-0.4, -0.2) is 58.2 Å². The average Bonchev–Trinajstić information content (AvgIpc) is 2.87. The van der Waals surface area contributed by atoms with E-state index in [4.69, 9.17) is 0 Å². The highest BCUT2D eigenvalue weighted by Gasteiger charge is 2.26. The largest absolute Gasteiger partial charge is 0.335 e. The molecule has 0 radical (unpaired) electrons. The molecule has 1 amide bonds. The number of hydrogen-bond donors (Lipinski definition) is 0. The molecule has 0 atom stereocenters. The van der Waals surface area contributed by atoms with Crippen molar-refractivity contribution in [3.05, 3.63) is 29.1 Å². The summed E-state index contributed by atoms with van der Waals surface area (Å²) >= 11 is 0. The zero-order chi connectivity index (χ0) is 17.2. The number of piperazine rings is 1. The molecule has 128 valence electrons. The highest BCUT2D eigenvalue weighted by Crippen LogP contribution is 2.22. The summed E-state index contributed by atoms with van der Waals surface area (Å²) < 4.78 is 1.72. The van der Waals surface area contributed by atoms with Crippen LogP contribution in [0.5, 0.6) is 0 Å². The van der Waals surface area contributed by atoms with E-state index in [1.165, 1.54) is 5.57 Å². The lowest BCUT2D eigenvalue weighted by atomic mass is 9.92. The molecule has 0 aliphatic carbocycles. The normalized spacial score (nSPS) is 16.5. The van der Waals surface area contributed by atoms with Crippen molar-refractivity contribution < 1.29 is 4.79 Å². The molecule has 1 aliphatic heterocycles. The molecule has 2 heterocycles. The van der Waals surface area contributed by atoms with Crippen LogP contribution in [0, 0.1) is 0 Å². The van der Waals surface area contributed by atoms with E-state index in [1.807, 2.05) is 18.0 Å². The van der Waals surface area contributed by atoms with Gasteiger partial charge in [-0.3, -0.25) is 14.4 Å². The molecule has 5 heteroatoms. The third-order valence-corrected chi connectivity index (χ3v) is 4.28. The van der Waals surface area contributed by atoms with Gasteiger partial charge in [-0.2, -0.15) is 5.10 Å². The van der Waals surface area contributed by atoms with Crippen LogP contribution in [-0.2, 0) is 12.5 Å². The minimum atomic E-state index is -0.0423. The molecule has 5 nitrogen and oxygen atoms in total. The number of hydrogen-bond acceptors (Lipinski definition) is 3. The van der Waals surface area contributed by atoms with Crippen LogP contribution in [0.25, 0.3) is 0 Å². The van der Waals surface area contributed by atoms with Crippen molar-refractivity contribution in [3.8, 4) is 0 Å². The van der Waals surface area contributed by atoms with Crippen molar-refractivity contribution in [1.29, 1.82) is 0 Å². The van der Waals surface area contributed by atoms with Crippen molar-refractivity contribution in [3.63, 3.8) is 0 Å². The van der Waals surface area contributed by atoms with E-state index in [0.717, 1.165) is 38.4 Å². The molecule has 1 aromatic heterocycles. The zero-order valence-electron chi connectivity index (χ0n) is 15.4. The predicted molar refractivity (Wildman–Crippen MR) is 93.7 cm³/mol. The number of carbonyl (C=O) groups is 1. The van der Waals surface area contributed by atoms with Crippen LogP contribution < -0.4 is 0 Å². The second-order valence-corrected chi connectivity index (χ2v) is 7.66. The fourth-order valence-electron chi connectivity index (χ4n) is 2.64. The Bertz CT molecular complexity index is 583. The van der Waals surface area contributed by atoms with Crippen LogP contribution in [0.3, 0.4) is 0 Å². The highest BCUT2D eigenvalue weighted by atomic mass is 16.2. The van der Waals surface area contributed by atoms with Crippen molar-refractivity contribution in [2.75, 3.05) is 32.7 Å². The first-order chi connectivity index (χ1) is 10.7. The van der Waals surface area contributed by atoms with Gasteiger partial charge in [-0.15, -0.1) is 0 Å². The molecule has 1 aliphatic rings. The minimum absolute atomic E-state index is 0.0423. The van der Waals surface area contributed by atoms with E-state index < -0.39 is 0 Å². The van der Waals surface area contributed by atoms with Gasteiger partial charge in [-0.1, -0.05) is 32.4 Å². The average molecular weight is 318 g/mol. The number of amides is 1. The van der Waals surface area contributed by atoms with E-state index in [9.17, 15) is 4.79 Å². The zero-order valence-corrected chi connectivity index (χ0v) is 15.4. The maximum absolute atomic E-state index is 12.8. The maximum atomic E-state index is 12.8. The van der Waals surface area contributed by atoms with Gasteiger partial charge in [-0.05, 0) is 19.9 Å². The lowest BCUT2D eigenvalue weighted by Crippen LogP contribution is -2.49. The molecule has 0 aromatic carbocycles. The monoisotopic (exact) mass is 318 g/mol. The fraction of sp³-hybridized carbons (Fsp3) is 0.667. The molecule has 1 aromatic rings. The Morgan fingerprint density at radius 1 is 1.22 bits per heavy atom. The summed E-state index contributed by atoms with van der Waals surface area (Å²) in [6.45, 7) is 15.0. The standard InChI is InChI=1S/C18H30N4O/c1-14(2)7-8-21-9-11-22(12-10-21)17(23)15-13-16(18(3,4)5)19-20(15)6/h7,13H,8-12H2,1-6H3. The molecule has 2 rings (SSSR count). The van der Waals surface area contributed by atoms with Crippen LogP contribution in [0.4, 0.5) is 0 Å². The number of nitrogens with zero attached hydrogens (tertiary/aromatic N) is 4. The van der Waals surface area contributed by atoms with Crippen molar-refractivity contribution in [2.24, 2.45) is 7.05 Å². The fourth-order valence-corrected chi connectivity index (χ4v) is 2.64. The summed E-state index contributed by atoms with van der Waals surface area (Å²) in [7, 11) is 1.85. The smallest absolute Gasteiger partial charge is 0.272 e. The number of aromatic nitrogens is 2. The molecule has 0 N–H and O–H groups in total. The highest BCUT2D eigenvalue weighted by molar-refractivity contribution is 5.92. The van der Waals surface area contributed by atoms with E-state index in [0.29, 0.717) is 5.69 Å². The number of rotatable bonds is 3. The topological polar surface area (TPSA) is 41.4 Å². The Labute approximate surface area is 139 Å².